The molecule has 1 aliphatic heterocycles. The van der Waals surface area contributed by atoms with Crippen molar-refractivity contribution >= 4 is 11.6 Å². The van der Waals surface area contributed by atoms with E-state index in [4.69, 9.17) is 4.74 Å². The summed E-state index contributed by atoms with van der Waals surface area (Å²) in [6, 6.07) is 18.6. The number of nitrogens with zero attached hydrogens (tertiary/aromatic N) is 2. The molecule has 0 aliphatic carbocycles. The molecule has 1 amide bonds. The normalized spacial score (nSPS) is 15.5. The Labute approximate surface area is 162 Å². The van der Waals surface area contributed by atoms with Crippen molar-refractivity contribution in [1.82, 2.24) is 4.90 Å². The van der Waals surface area contributed by atoms with Crippen molar-refractivity contribution in [2.75, 3.05) is 31.1 Å². The molecule has 3 rings (SSSR count). The van der Waals surface area contributed by atoms with Crippen molar-refractivity contribution in [2.45, 2.75) is 39.2 Å². The number of carbonyl (C=O) groups is 1. The Morgan fingerprint density at radius 3 is 2.37 bits per heavy atom. The molecule has 144 valence electrons. The number of hydrogen-bond donors (Lipinski definition) is 0. The highest BCUT2D eigenvalue weighted by Crippen LogP contribution is 2.24. The summed E-state index contributed by atoms with van der Waals surface area (Å²) >= 11 is 0. The molecule has 2 aromatic rings. The van der Waals surface area contributed by atoms with Crippen molar-refractivity contribution < 1.29 is 9.53 Å². The van der Waals surface area contributed by atoms with E-state index in [9.17, 15) is 4.79 Å². The molecule has 27 heavy (non-hydrogen) atoms. The van der Waals surface area contributed by atoms with Crippen molar-refractivity contribution in [3.8, 4) is 5.75 Å². The van der Waals surface area contributed by atoms with Gasteiger partial charge in [-0.25, -0.2) is 0 Å². The number of benzene rings is 2. The van der Waals surface area contributed by atoms with Crippen LogP contribution in [0.2, 0.25) is 0 Å². The van der Waals surface area contributed by atoms with Crippen LogP contribution in [0.15, 0.2) is 54.6 Å². The zero-order chi connectivity index (χ0) is 19.1. The second-order valence-corrected chi connectivity index (χ2v) is 7.19. The Morgan fingerprint density at radius 2 is 1.74 bits per heavy atom. The molecule has 0 unspecified atom stereocenters. The molecule has 0 atom stereocenters. The fourth-order valence-corrected chi connectivity index (χ4v) is 3.65. The number of anilines is 1. The Morgan fingerprint density at radius 1 is 1.07 bits per heavy atom. The van der Waals surface area contributed by atoms with E-state index in [1.54, 1.807) is 0 Å². The van der Waals surface area contributed by atoms with Gasteiger partial charge in [0.15, 0.2) is 0 Å². The molecule has 4 heteroatoms. The van der Waals surface area contributed by atoms with Gasteiger partial charge in [0.25, 0.3) is 0 Å². The van der Waals surface area contributed by atoms with Crippen molar-refractivity contribution in [2.24, 2.45) is 0 Å². The third-order valence-corrected chi connectivity index (χ3v) is 5.22. The molecule has 0 N–H and O–H groups in total. The quantitative estimate of drug-likeness (QED) is 0.733. The maximum Gasteiger partial charge on any atom is 0.226 e. The van der Waals surface area contributed by atoms with Crippen LogP contribution in [0.3, 0.4) is 0 Å². The summed E-state index contributed by atoms with van der Waals surface area (Å²) in [4.78, 5) is 17.0. The Hall–Kier alpha value is -2.33. The standard InChI is InChI=1S/C23H30N2O2/c1-3-23(26)25(20-7-5-4-6-8-20)21-13-15-24(16-14-21)17-18-27-22-11-9-19(2)10-12-22/h4-12,21H,3,13-18H2,1-2H3. The number of aryl methyl sites for hydroxylation is 1. The van der Waals surface area contributed by atoms with E-state index in [1.807, 2.05) is 54.3 Å². The molecule has 1 saturated heterocycles. The van der Waals surface area contributed by atoms with Gasteiger partial charge >= 0.3 is 0 Å². The lowest BCUT2D eigenvalue weighted by Crippen LogP contribution is -2.48. The molecule has 1 aliphatic rings. The molecule has 2 aromatic carbocycles. The highest BCUT2D eigenvalue weighted by atomic mass is 16.5. The zero-order valence-corrected chi connectivity index (χ0v) is 16.4. The Kier molecular flexibility index (Phi) is 6.88. The summed E-state index contributed by atoms with van der Waals surface area (Å²) in [6.45, 7) is 7.65. The number of ether oxygens (including phenoxy) is 1. The fourth-order valence-electron chi connectivity index (χ4n) is 3.65. The molecular formula is C23H30N2O2. The summed E-state index contributed by atoms with van der Waals surface area (Å²) in [6.07, 6.45) is 2.55. The van der Waals surface area contributed by atoms with E-state index < -0.39 is 0 Å². The second kappa shape index (κ2) is 9.56. The Bertz CT molecular complexity index is 707. The fraction of sp³-hybridized carbons (Fsp3) is 0.435. The van der Waals surface area contributed by atoms with Crippen LogP contribution in [-0.2, 0) is 4.79 Å². The molecule has 0 bridgehead atoms. The SMILES string of the molecule is CCC(=O)N(c1ccccc1)C1CCN(CCOc2ccc(C)cc2)CC1. The minimum Gasteiger partial charge on any atom is -0.492 e. The lowest BCUT2D eigenvalue weighted by molar-refractivity contribution is -0.119. The largest absolute Gasteiger partial charge is 0.492 e. The highest BCUT2D eigenvalue weighted by molar-refractivity contribution is 5.93. The van der Waals surface area contributed by atoms with Crippen LogP contribution in [0.4, 0.5) is 5.69 Å². The zero-order valence-electron chi connectivity index (χ0n) is 16.4. The average molecular weight is 367 g/mol. The molecule has 0 saturated carbocycles. The first-order valence-electron chi connectivity index (χ1n) is 9.96. The molecular weight excluding hydrogens is 336 g/mol. The summed E-state index contributed by atoms with van der Waals surface area (Å²) in [5, 5.41) is 0. The second-order valence-electron chi connectivity index (χ2n) is 7.19. The van der Waals surface area contributed by atoms with Gasteiger partial charge in [-0.3, -0.25) is 9.69 Å². The van der Waals surface area contributed by atoms with Gasteiger partial charge in [-0.1, -0.05) is 42.8 Å². The van der Waals surface area contributed by atoms with Crippen LogP contribution >= 0.6 is 0 Å². The minimum atomic E-state index is 0.211. The van der Waals surface area contributed by atoms with Crippen molar-refractivity contribution in [1.29, 1.82) is 0 Å². The van der Waals surface area contributed by atoms with Gasteiger partial charge in [-0.15, -0.1) is 0 Å². The summed E-state index contributed by atoms with van der Waals surface area (Å²) in [5.74, 6) is 1.14. The van der Waals surface area contributed by atoms with Crippen LogP contribution in [0.5, 0.6) is 5.75 Å². The predicted octanol–water partition coefficient (Wildman–Crippen LogP) is 4.28. The van der Waals surface area contributed by atoms with Gasteiger partial charge in [0, 0.05) is 37.8 Å². The first-order valence-corrected chi connectivity index (χ1v) is 9.96. The third-order valence-electron chi connectivity index (χ3n) is 5.22. The average Bonchev–Trinajstić information content (AvgIpc) is 2.71. The third kappa shape index (κ3) is 5.33. The van der Waals surface area contributed by atoms with Crippen LogP contribution in [-0.4, -0.2) is 43.1 Å². The molecule has 0 spiro atoms. The lowest BCUT2D eigenvalue weighted by Gasteiger charge is -2.38. The van der Waals surface area contributed by atoms with E-state index in [1.165, 1.54) is 5.56 Å². The topological polar surface area (TPSA) is 32.8 Å². The summed E-state index contributed by atoms with van der Waals surface area (Å²) < 4.78 is 5.86. The number of rotatable bonds is 7. The number of piperidine rings is 1. The van der Waals surface area contributed by atoms with E-state index in [2.05, 4.69) is 24.0 Å². The van der Waals surface area contributed by atoms with Gasteiger partial charge in [-0.2, -0.15) is 0 Å². The predicted molar refractivity (Wildman–Crippen MR) is 110 cm³/mol. The first-order chi connectivity index (χ1) is 13.2. The minimum absolute atomic E-state index is 0.211. The number of carbonyl (C=O) groups excluding carboxylic acids is 1. The Balaban J connectivity index is 1.49. The van der Waals surface area contributed by atoms with Crippen molar-refractivity contribution in [3.05, 3.63) is 60.2 Å². The maximum absolute atomic E-state index is 12.5. The summed E-state index contributed by atoms with van der Waals surface area (Å²) in [7, 11) is 0. The first kappa shape index (κ1) is 19.4. The molecule has 1 fully saturated rings. The monoisotopic (exact) mass is 366 g/mol. The van der Waals surface area contributed by atoms with Gasteiger partial charge in [0.2, 0.25) is 5.91 Å². The molecule has 1 heterocycles. The number of hydrogen-bond acceptors (Lipinski definition) is 3. The molecule has 0 aromatic heterocycles. The van der Waals surface area contributed by atoms with E-state index in [-0.39, 0.29) is 11.9 Å². The molecule has 4 nitrogen and oxygen atoms in total. The van der Waals surface area contributed by atoms with Crippen LogP contribution in [0, 0.1) is 6.92 Å². The van der Waals surface area contributed by atoms with Crippen LogP contribution in [0.1, 0.15) is 31.7 Å². The van der Waals surface area contributed by atoms with E-state index in [0.717, 1.165) is 43.9 Å². The number of para-hydroxylation sites is 1. The van der Waals surface area contributed by atoms with Gasteiger partial charge in [0.1, 0.15) is 12.4 Å². The van der Waals surface area contributed by atoms with Crippen LogP contribution < -0.4 is 9.64 Å². The van der Waals surface area contributed by atoms with Gasteiger partial charge in [-0.05, 0) is 44.0 Å². The van der Waals surface area contributed by atoms with E-state index >= 15 is 0 Å². The lowest BCUT2D eigenvalue weighted by atomic mass is 10.0. The summed E-state index contributed by atoms with van der Waals surface area (Å²) in [5.41, 5.74) is 2.26. The number of likely N-dealkylation sites (tertiary alicyclic amines) is 1. The smallest absolute Gasteiger partial charge is 0.226 e. The van der Waals surface area contributed by atoms with Gasteiger partial charge in [0.05, 0.1) is 0 Å². The molecule has 0 radical (unpaired) electrons. The van der Waals surface area contributed by atoms with Crippen molar-refractivity contribution in [3.63, 3.8) is 0 Å². The van der Waals surface area contributed by atoms with Crippen LogP contribution in [0.25, 0.3) is 0 Å². The number of amides is 1. The van der Waals surface area contributed by atoms with E-state index in [0.29, 0.717) is 13.0 Å². The maximum atomic E-state index is 12.5. The highest BCUT2D eigenvalue weighted by Gasteiger charge is 2.28. The van der Waals surface area contributed by atoms with Gasteiger partial charge < -0.3 is 9.64 Å².